The fourth-order valence-corrected chi connectivity index (χ4v) is 3.56. The predicted octanol–water partition coefficient (Wildman–Crippen LogP) is 4.94. The van der Waals surface area contributed by atoms with Crippen LogP contribution < -0.4 is 5.32 Å². The first kappa shape index (κ1) is 18.3. The van der Waals surface area contributed by atoms with Crippen LogP contribution in [0.15, 0.2) is 78.9 Å². The average Bonchev–Trinajstić information content (AvgIpc) is 3.04. The summed E-state index contributed by atoms with van der Waals surface area (Å²) >= 11 is 6.04. The molecule has 1 heterocycles. The second kappa shape index (κ2) is 7.87. The molecule has 0 saturated heterocycles. The number of hydrogen-bond acceptors (Lipinski definition) is 2. The van der Waals surface area contributed by atoms with E-state index in [1.165, 1.54) is 0 Å². The van der Waals surface area contributed by atoms with Gasteiger partial charge >= 0.3 is 0 Å². The molecule has 0 radical (unpaired) electrons. The molecule has 1 unspecified atom stereocenters. The van der Waals surface area contributed by atoms with E-state index in [0.29, 0.717) is 17.0 Å². The number of nitrogens with one attached hydrogen (secondary N) is 1. The van der Waals surface area contributed by atoms with Gasteiger partial charge in [0.1, 0.15) is 5.82 Å². The van der Waals surface area contributed by atoms with Gasteiger partial charge in [0.25, 0.3) is 5.91 Å². The quantitative estimate of drug-likeness (QED) is 0.525. The molecule has 5 heteroatoms. The van der Waals surface area contributed by atoms with Gasteiger partial charge in [0.15, 0.2) is 0 Å². The maximum Gasteiger partial charge on any atom is 0.251 e. The number of rotatable bonds is 5. The van der Waals surface area contributed by atoms with Crippen molar-refractivity contribution >= 4 is 28.5 Å². The van der Waals surface area contributed by atoms with E-state index in [2.05, 4.69) is 9.88 Å². The highest BCUT2D eigenvalue weighted by Gasteiger charge is 2.19. The van der Waals surface area contributed by atoms with Crippen LogP contribution in [0.25, 0.3) is 11.0 Å². The summed E-state index contributed by atoms with van der Waals surface area (Å²) in [4.78, 5) is 17.6. The second-order valence-corrected chi connectivity index (χ2v) is 7.16. The molecule has 4 rings (SSSR count). The van der Waals surface area contributed by atoms with Crippen molar-refractivity contribution in [3.63, 3.8) is 0 Å². The van der Waals surface area contributed by atoms with Gasteiger partial charge in [0.05, 0.1) is 17.1 Å². The average molecular weight is 390 g/mol. The summed E-state index contributed by atoms with van der Waals surface area (Å²) in [6.07, 6.45) is 0.585. The molecular formula is C23H20ClN3O. The minimum atomic E-state index is -0.205. The van der Waals surface area contributed by atoms with Crippen LogP contribution in [0.2, 0.25) is 5.02 Å². The summed E-state index contributed by atoms with van der Waals surface area (Å²) < 4.78 is 2.08. The maximum atomic E-state index is 12.8. The highest BCUT2D eigenvalue weighted by atomic mass is 35.5. The molecule has 1 amide bonds. The Morgan fingerprint density at radius 1 is 1.04 bits per heavy atom. The third-order valence-electron chi connectivity index (χ3n) is 4.86. The monoisotopic (exact) mass is 389 g/mol. The number of fused-ring (bicyclic) bond motifs is 1. The van der Waals surface area contributed by atoms with Crippen molar-refractivity contribution in [2.75, 3.05) is 0 Å². The second-order valence-electron chi connectivity index (χ2n) is 6.73. The smallest absolute Gasteiger partial charge is 0.251 e. The van der Waals surface area contributed by atoms with E-state index >= 15 is 0 Å². The lowest BCUT2D eigenvalue weighted by molar-refractivity contribution is 0.0936. The molecule has 0 aliphatic heterocycles. The molecule has 3 aromatic carbocycles. The Bertz CT molecular complexity index is 1120. The number of aromatic nitrogens is 2. The first-order valence-electron chi connectivity index (χ1n) is 9.13. The first-order valence-corrected chi connectivity index (χ1v) is 9.51. The van der Waals surface area contributed by atoms with Gasteiger partial charge in [-0.05, 0) is 35.9 Å². The maximum absolute atomic E-state index is 12.8. The van der Waals surface area contributed by atoms with Crippen LogP contribution in [0.5, 0.6) is 0 Å². The van der Waals surface area contributed by atoms with Crippen LogP contribution in [-0.2, 0) is 13.5 Å². The summed E-state index contributed by atoms with van der Waals surface area (Å²) in [5.74, 6) is 0.761. The molecule has 0 fully saturated rings. The Morgan fingerprint density at radius 3 is 2.54 bits per heavy atom. The van der Waals surface area contributed by atoms with Crippen LogP contribution in [-0.4, -0.2) is 15.5 Å². The molecule has 1 N–H and O–H groups in total. The van der Waals surface area contributed by atoms with E-state index < -0.39 is 0 Å². The van der Waals surface area contributed by atoms with Gasteiger partial charge in [-0.25, -0.2) is 4.98 Å². The largest absolute Gasteiger partial charge is 0.345 e. The third-order valence-corrected chi connectivity index (χ3v) is 5.10. The number of carbonyl (C=O) groups is 1. The van der Waals surface area contributed by atoms with E-state index in [4.69, 9.17) is 16.6 Å². The normalized spacial score (nSPS) is 12.1. The lowest BCUT2D eigenvalue weighted by Crippen LogP contribution is -2.30. The highest BCUT2D eigenvalue weighted by molar-refractivity contribution is 6.30. The Kier molecular flexibility index (Phi) is 5.13. The molecule has 0 bridgehead atoms. The first-order chi connectivity index (χ1) is 13.6. The van der Waals surface area contributed by atoms with Crippen molar-refractivity contribution in [1.29, 1.82) is 0 Å². The number of nitrogens with zero attached hydrogens (tertiary/aromatic N) is 2. The Labute approximate surface area is 168 Å². The van der Waals surface area contributed by atoms with E-state index in [9.17, 15) is 4.79 Å². The minimum absolute atomic E-state index is 0.157. The molecule has 1 aromatic heterocycles. The molecule has 1 atom stereocenters. The van der Waals surface area contributed by atoms with Crippen molar-refractivity contribution in [3.05, 3.63) is 101 Å². The molecular weight excluding hydrogens is 370 g/mol. The van der Waals surface area contributed by atoms with E-state index in [1.54, 1.807) is 24.3 Å². The lowest BCUT2D eigenvalue weighted by Gasteiger charge is -2.19. The number of para-hydroxylation sites is 2. The van der Waals surface area contributed by atoms with Gasteiger partial charge < -0.3 is 9.88 Å². The minimum Gasteiger partial charge on any atom is -0.345 e. The molecule has 140 valence electrons. The van der Waals surface area contributed by atoms with Gasteiger partial charge in [0.2, 0.25) is 0 Å². The fraction of sp³-hybridized carbons (Fsp3) is 0.130. The summed E-state index contributed by atoms with van der Waals surface area (Å²) in [6.45, 7) is 0. The Balaban J connectivity index is 1.66. The zero-order valence-electron chi connectivity index (χ0n) is 15.5. The number of hydrogen-bond donors (Lipinski definition) is 1. The van der Waals surface area contributed by atoms with Gasteiger partial charge in [-0.2, -0.15) is 0 Å². The van der Waals surface area contributed by atoms with E-state index in [1.807, 2.05) is 61.6 Å². The lowest BCUT2D eigenvalue weighted by atomic mass is 10.0. The molecule has 0 aliphatic carbocycles. The topological polar surface area (TPSA) is 46.9 Å². The van der Waals surface area contributed by atoms with Crippen LogP contribution in [0, 0.1) is 0 Å². The van der Waals surface area contributed by atoms with Crippen LogP contribution in [0.4, 0.5) is 0 Å². The molecule has 0 aliphatic rings. The van der Waals surface area contributed by atoms with Gasteiger partial charge in [0, 0.05) is 24.1 Å². The fourth-order valence-electron chi connectivity index (χ4n) is 3.37. The number of carbonyl (C=O) groups excluding carboxylic acids is 1. The molecule has 0 spiro atoms. The summed E-state index contributed by atoms with van der Waals surface area (Å²) in [5, 5.41) is 3.69. The highest BCUT2D eigenvalue weighted by Crippen LogP contribution is 2.22. The van der Waals surface area contributed by atoms with E-state index in [-0.39, 0.29) is 11.9 Å². The zero-order valence-corrected chi connectivity index (χ0v) is 16.2. The number of benzene rings is 3. The zero-order chi connectivity index (χ0) is 19.5. The predicted molar refractivity (Wildman–Crippen MR) is 113 cm³/mol. The number of amides is 1. The summed E-state index contributed by atoms with van der Waals surface area (Å²) in [7, 11) is 2.01. The van der Waals surface area contributed by atoms with Crippen molar-refractivity contribution < 1.29 is 4.79 Å². The van der Waals surface area contributed by atoms with Crippen molar-refractivity contribution in [1.82, 2.24) is 14.9 Å². The standard InChI is InChI=1S/C23H20ClN3O/c1-27-21-13-6-5-12-19(21)25-22(27)15-20(16-8-3-2-4-9-16)26-23(28)17-10-7-11-18(24)14-17/h2-14,20H,15H2,1H3,(H,26,28). The summed E-state index contributed by atoms with van der Waals surface area (Å²) in [5.41, 5.74) is 3.60. The number of aryl methyl sites for hydroxylation is 1. The van der Waals surface area contributed by atoms with E-state index in [0.717, 1.165) is 22.4 Å². The van der Waals surface area contributed by atoms with Gasteiger partial charge in [-0.15, -0.1) is 0 Å². The Morgan fingerprint density at radius 2 is 1.79 bits per heavy atom. The molecule has 4 nitrogen and oxygen atoms in total. The summed E-state index contributed by atoms with van der Waals surface area (Å²) in [6, 6.07) is 24.8. The SMILES string of the molecule is Cn1c(CC(NC(=O)c2cccc(Cl)c2)c2ccccc2)nc2ccccc21. The van der Waals surface area contributed by atoms with Crippen molar-refractivity contribution in [2.24, 2.45) is 7.05 Å². The van der Waals surface area contributed by atoms with Crippen LogP contribution in [0.1, 0.15) is 27.8 Å². The molecule has 28 heavy (non-hydrogen) atoms. The van der Waals surface area contributed by atoms with Gasteiger partial charge in [-0.3, -0.25) is 4.79 Å². The van der Waals surface area contributed by atoms with Crippen molar-refractivity contribution in [2.45, 2.75) is 12.5 Å². The van der Waals surface area contributed by atoms with Crippen LogP contribution in [0.3, 0.4) is 0 Å². The van der Waals surface area contributed by atoms with Crippen LogP contribution >= 0.6 is 11.6 Å². The third kappa shape index (κ3) is 3.78. The Hall–Kier alpha value is -3.11. The number of halogens is 1. The van der Waals surface area contributed by atoms with Gasteiger partial charge in [-0.1, -0.05) is 60.1 Å². The molecule has 4 aromatic rings. The number of imidazole rings is 1. The molecule has 0 saturated carbocycles. The van der Waals surface area contributed by atoms with Crippen molar-refractivity contribution in [3.8, 4) is 0 Å².